The molecule has 0 saturated carbocycles. The van der Waals surface area contributed by atoms with Crippen molar-refractivity contribution in [2.75, 3.05) is 20.2 Å². The third-order valence-corrected chi connectivity index (χ3v) is 5.68. The van der Waals surface area contributed by atoms with E-state index in [0.717, 1.165) is 5.56 Å². The summed E-state index contributed by atoms with van der Waals surface area (Å²) in [5.74, 6) is -0.541. The number of aromatic amines is 1. The van der Waals surface area contributed by atoms with E-state index in [9.17, 15) is 14.0 Å². The number of halogens is 1. The molecular formula is C24H24FN3O3. The number of aryl methyl sites for hydroxylation is 1. The Bertz CT molecular complexity index is 1140. The summed E-state index contributed by atoms with van der Waals surface area (Å²) in [6.07, 6.45) is 0. The Morgan fingerprint density at radius 1 is 1.16 bits per heavy atom. The quantitative estimate of drug-likeness (QED) is 0.685. The van der Waals surface area contributed by atoms with E-state index in [4.69, 9.17) is 4.74 Å². The molecule has 3 aromatic rings. The van der Waals surface area contributed by atoms with Gasteiger partial charge in [-0.05, 0) is 36.2 Å². The van der Waals surface area contributed by atoms with Crippen molar-refractivity contribution in [1.82, 2.24) is 14.9 Å². The number of amides is 1. The summed E-state index contributed by atoms with van der Waals surface area (Å²) in [7, 11) is 1.62. The average Bonchev–Trinajstić information content (AvgIpc) is 3.19. The van der Waals surface area contributed by atoms with Crippen LogP contribution < -0.4 is 5.56 Å². The lowest BCUT2D eigenvalue weighted by Crippen LogP contribution is -2.29. The molecule has 160 valence electrons. The maximum atomic E-state index is 14.7. The molecule has 1 aliphatic heterocycles. The van der Waals surface area contributed by atoms with Crippen molar-refractivity contribution in [3.63, 3.8) is 0 Å². The first-order valence-electron chi connectivity index (χ1n) is 10.2. The molecule has 0 radical (unpaired) electrons. The SMILES string of the molecule is COCc1ccc(C(=O)N2C[C@@H](c3cc(=O)[nH]c(C)n3)[C@H](c3ccccc3F)C2)cc1. The topological polar surface area (TPSA) is 75.3 Å². The lowest BCUT2D eigenvalue weighted by Gasteiger charge is -2.18. The highest BCUT2D eigenvalue weighted by atomic mass is 19.1. The fourth-order valence-corrected chi connectivity index (χ4v) is 4.25. The highest BCUT2D eigenvalue weighted by Gasteiger charge is 2.39. The third kappa shape index (κ3) is 4.41. The van der Waals surface area contributed by atoms with Gasteiger partial charge in [-0.25, -0.2) is 9.37 Å². The molecule has 4 rings (SSSR count). The van der Waals surface area contributed by atoms with Crippen LogP contribution in [0.3, 0.4) is 0 Å². The highest BCUT2D eigenvalue weighted by molar-refractivity contribution is 5.94. The molecule has 1 fully saturated rings. The fraction of sp³-hybridized carbons (Fsp3) is 0.292. The molecule has 31 heavy (non-hydrogen) atoms. The number of carbonyl (C=O) groups excluding carboxylic acids is 1. The van der Waals surface area contributed by atoms with E-state index < -0.39 is 0 Å². The van der Waals surface area contributed by atoms with Crippen molar-refractivity contribution >= 4 is 5.91 Å². The summed E-state index contributed by atoms with van der Waals surface area (Å²) >= 11 is 0. The minimum Gasteiger partial charge on any atom is -0.380 e. The highest BCUT2D eigenvalue weighted by Crippen LogP contribution is 2.40. The van der Waals surface area contributed by atoms with Gasteiger partial charge in [0.25, 0.3) is 11.5 Å². The molecule has 1 aliphatic rings. The number of nitrogens with zero attached hydrogens (tertiary/aromatic N) is 2. The van der Waals surface area contributed by atoms with Gasteiger partial charge in [-0.15, -0.1) is 0 Å². The number of aromatic nitrogens is 2. The fourth-order valence-electron chi connectivity index (χ4n) is 4.25. The molecule has 1 amide bonds. The molecule has 7 heteroatoms. The molecule has 0 aliphatic carbocycles. The zero-order valence-electron chi connectivity index (χ0n) is 17.5. The van der Waals surface area contributed by atoms with Gasteiger partial charge in [-0.2, -0.15) is 0 Å². The number of benzene rings is 2. The number of methoxy groups -OCH3 is 1. The molecular weight excluding hydrogens is 397 g/mol. The number of hydrogen-bond acceptors (Lipinski definition) is 4. The number of H-pyrrole nitrogens is 1. The van der Waals surface area contributed by atoms with Crippen LogP contribution in [-0.4, -0.2) is 41.0 Å². The van der Waals surface area contributed by atoms with Gasteiger partial charge < -0.3 is 14.6 Å². The van der Waals surface area contributed by atoms with Crippen LogP contribution in [0.1, 0.15) is 44.8 Å². The van der Waals surface area contributed by atoms with E-state index in [1.807, 2.05) is 12.1 Å². The second kappa shape index (κ2) is 8.81. The van der Waals surface area contributed by atoms with E-state index in [2.05, 4.69) is 9.97 Å². The van der Waals surface area contributed by atoms with Crippen LogP contribution in [0.5, 0.6) is 0 Å². The first-order valence-corrected chi connectivity index (χ1v) is 10.2. The van der Waals surface area contributed by atoms with Crippen LogP contribution in [0.4, 0.5) is 4.39 Å². The summed E-state index contributed by atoms with van der Waals surface area (Å²) in [6.45, 7) is 2.89. The summed E-state index contributed by atoms with van der Waals surface area (Å²) in [5, 5.41) is 0. The van der Waals surface area contributed by atoms with Crippen LogP contribution in [-0.2, 0) is 11.3 Å². The maximum Gasteiger partial charge on any atom is 0.253 e. The van der Waals surface area contributed by atoms with Crippen LogP contribution in [0.2, 0.25) is 0 Å². The number of ether oxygens (including phenoxy) is 1. The van der Waals surface area contributed by atoms with Crippen molar-refractivity contribution in [3.05, 3.63) is 99.0 Å². The Kier molecular flexibility index (Phi) is 5.95. The van der Waals surface area contributed by atoms with Crippen LogP contribution in [0, 0.1) is 12.7 Å². The number of carbonyl (C=O) groups is 1. The molecule has 1 aromatic heterocycles. The predicted octanol–water partition coefficient (Wildman–Crippen LogP) is 3.39. The van der Waals surface area contributed by atoms with Crippen LogP contribution >= 0.6 is 0 Å². The van der Waals surface area contributed by atoms with Gasteiger partial charge in [-0.1, -0.05) is 30.3 Å². The van der Waals surface area contributed by atoms with E-state index in [-0.39, 0.29) is 29.1 Å². The molecule has 2 heterocycles. The second-order valence-electron chi connectivity index (χ2n) is 7.83. The van der Waals surface area contributed by atoms with Crippen molar-refractivity contribution in [3.8, 4) is 0 Å². The maximum absolute atomic E-state index is 14.7. The standard InChI is InChI=1S/C24H24FN3O3/c1-15-26-22(11-23(29)27-15)20-13-28(12-19(20)18-5-3-4-6-21(18)25)24(30)17-9-7-16(8-10-17)14-31-2/h3-11,19-20H,12-14H2,1-2H3,(H,26,27,29)/t19-,20+/m0/s1. The first kappa shape index (κ1) is 20.9. The van der Waals surface area contributed by atoms with Gasteiger partial charge >= 0.3 is 0 Å². The Hall–Kier alpha value is -3.32. The van der Waals surface area contributed by atoms with E-state index in [1.165, 1.54) is 12.1 Å². The van der Waals surface area contributed by atoms with E-state index >= 15 is 0 Å². The van der Waals surface area contributed by atoms with Gasteiger partial charge in [0, 0.05) is 43.7 Å². The smallest absolute Gasteiger partial charge is 0.253 e. The zero-order chi connectivity index (χ0) is 22.0. The summed E-state index contributed by atoms with van der Waals surface area (Å²) in [6, 6.07) is 15.3. The monoisotopic (exact) mass is 421 g/mol. The Morgan fingerprint density at radius 2 is 1.87 bits per heavy atom. The molecule has 1 N–H and O–H groups in total. The number of hydrogen-bond donors (Lipinski definition) is 1. The Labute approximate surface area is 179 Å². The average molecular weight is 421 g/mol. The zero-order valence-corrected chi connectivity index (χ0v) is 17.5. The van der Waals surface area contributed by atoms with Gasteiger partial charge in [-0.3, -0.25) is 9.59 Å². The molecule has 0 bridgehead atoms. The van der Waals surface area contributed by atoms with Crippen LogP contribution in [0.25, 0.3) is 0 Å². The largest absolute Gasteiger partial charge is 0.380 e. The number of likely N-dealkylation sites (tertiary alicyclic amines) is 1. The molecule has 2 atom stereocenters. The van der Waals surface area contributed by atoms with E-state index in [0.29, 0.717) is 42.3 Å². The Balaban J connectivity index is 1.67. The van der Waals surface area contributed by atoms with Gasteiger partial charge in [0.15, 0.2) is 0 Å². The summed E-state index contributed by atoms with van der Waals surface area (Å²) < 4.78 is 19.8. The normalized spacial score (nSPS) is 18.4. The van der Waals surface area contributed by atoms with Crippen molar-refractivity contribution in [1.29, 1.82) is 0 Å². The van der Waals surface area contributed by atoms with Gasteiger partial charge in [0.2, 0.25) is 0 Å². The molecule has 0 unspecified atom stereocenters. The lowest BCUT2D eigenvalue weighted by atomic mass is 9.86. The van der Waals surface area contributed by atoms with Crippen molar-refractivity contribution in [2.45, 2.75) is 25.4 Å². The first-order chi connectivity index (χ1) is 15.0. The molecule has 2 aromatic carbocycles. The molecule has 1 saturated heterocycles. The third-order valence-electron chi connectivity index (χ3n) is 5.68. The minimum absolute atomic E-state index is 0.130. The van der Waals surface area contributed by atoms with E-state index in [1.54, 1.807) is 49.3 Å². The summed E-state index contributed by atoms with van der Waals surface area (Å²) in [5.41, 5.74) is 2.38. The number of rotatable bonds is 5. The second-order valence-corrected chi connectivity index (χ2v) is 7.83. The minimum atomic E-state index is -0.322. The van der Waals surface area contributed by atoms with Gasteiger partial charge in [0.1, 0.15) is 11.6 Å². The predicted molar refractivity (Wildman–Crippen MR) is 115 cm³/mol. The van der Waals surface area contributed by atoms with Crippen LogP contribution in [0.15, 0.2) is 59.4 Å². The summed E-state index contributed by atoms with van der Waals surface area (Å²) in [4.78, 5) is 34.1. The van der Waals surface area contributed by atoms with Crippen molar-refractivity contribution in [2.24, 2.45) is 0 Å². The Morgan fingerprint density at radius 3 is 2.55 bits per heavy atom. The van der Waals surface area contributed by atoms with Crippen molar-refractivity contribution < 1.29 is 13.9 Å². The van der Waals surface area contributed by atoms with Gasteiger partial charge in [0.05, 0.1) is 12.3 Å². The number of nitrogens with one attached hydrogen (secondary N) is 1. The molecule has 6 nitrogen and oxygen atoms in total. The lowest BCUT2D eigenvalue weighted by molar-refractivity contribution is 0.0788. The molecule has 0 spiro atoms.